The zero-order chi connectivity index (χ0) is 26.6. The van der Waals surface area contributed by atoms with Gasteiger partial charge in [-0.25, -0.2) is 18.2 Å². The lowest BCUT2D eigenvalue weighted by molar-refractivity contribution is -0.199. The number of rotatable bonds is 4. The number of nitrogens with zero attached hydrogens (tertiary/aromatic N) is 3. The molecular weight excluding hydrogens is 540 g/mol. The monoisotopic (exact) mass is 551 g/mol. The van der Waals surface area contributed by atoms with Gasteiger partial charge in [-0.15, -0.1) is 0 Å². The summed E-state index contributed by atoms with van der Waals surface area (Å²) in [7, 11) is -4.11. The van der Waals surface area contributed by atoms with Crippen LogP contribution in [0.5, 0.6) is 0 Å². The highest BCUT2D eigenvalue weighted by Gasteiger charge is 2.43. The molecule has 190 valence electrons. The fourth-order valence-electron chi connectivity index (χ4n) is 3.31. The normalized spacial score (nSPS) is 12.9. The van der Waals surface area contributed by atoms with Crippen LogP contribution < -0.4 is 4.84 Å². The number of benzene rings is 1. The van der Waals surface area contributed by atoms with Crippen molar-refractivity contribution in [2.75, 3.05) is 5.75 Å². The molecule has 3 heterocycles. The second-order valence-electron chi connectivity index (χ2n) is 7.40. The largest absolute Gasteiger partial charge is 0.493 e. The number of carbonyl (C=O) groups excluding carboxylic acids is 1. The molecule has 7 nitrogen and oxygen atoms in total. The quantitative estimate of drug-likeness (QED) is 0.322. The van der Waals surface area contributed by atoms with Gasteiger partial charge < -0.3 is 4.84 Å². The first-order valence-electron chi connectivity index (χ1n) is 9.83. The maximum Gasteiger partial charge on any atom is 0.493 e. The zero-order valence-electron chi connectivity index (χ0n) is 17.8. The first-order chi connectivity index (χ1) is 16.6. The van der Waals surface area contributed by atoms with Gasteiger partial charge in [-0.3, -0.25) is 4.98 Å². The van der Waals surface area contributed by atoms with E-state index in [-0.39, 0.29) is 26.2 Å². The first-order valence-corrected chi connectivity index (χ1v) is 11.9. The molecule has 0 N–H and O–H groups in total. The molecule has 1 aromatic carbocycles. The van der Waals surface area contributed by atoms with Gasteiger partial charge in [-0.2, -0.15) is 31.1 Å². The van der Waals surface area contributed by atoms with Crippen LogP contribution in [0.25, 0.3) is 33.3 Å². The number of halogens is 7. The molecule has 0 amide bonds. The highest BCUT2D eigenvalue weighted by atomic mass is 35.5. The van der Waals surface area contributed by atoms with Gasteiger partial charge in [0, 0.05) is 16.6 Å². The van der Waals surface area contributed by atoms with Crippen molar-refractivity contribution >= 4 is 49.3 Å². The van der Waals surface area contributed by atoms with E-state index in [1.807, 2.05) is 0 Å². The summed E-state index contributed by atoms with van der Waals surface area (Å²) < 4.78 is 105. The Kier molecular flexibility index (Phi) is 6.15. The Balaban J connectivity index is 2.10. The molecule has 0 spiro atoms. The Morgan fingerprint density at radius 2 is 1.75 bits per heavy atom. The third-order valence-electron chi connectivity index (χ3n) is 5.04. The summed E-state index contributed by atoms with van der Waals surface area (Å²) in [5.74, 6) is -3.21. The molecule has 0 saturated carbocycles. The predicted molar refractivity (Wildman–Crippen MR) is 116 cm³/mol. The lowest BCUT2D eigenvalue weighted by atomic mass is 10.2. The predicted octanol–water partition coefficient (Wildman–Crippen LogP) is 5.23. The molecule has 0 bridgehead atoms. The highest BCUT2D eigenvalue weighted by molar-refractivity contribution is 7.91. The van der Waals surface area contributed by atoms with Crippen LogP contribution in [0.15, 0.2) is 47.5 Å². The minimum absolute atomic E-state index is 0.145. The van der Waals surface area contributed by atoms with Crippen LogP contribution in [0.3, 0.4) is 0 Å². The topological polar surface area (TPSA) is 91.2 Å². The SMILES string of the molecule is CCS(=O)(=O)c1cc2cc(Cl)ccc2nc1-c1cc2ncc(C(F)(F)F)cc2n1OC(=O)C(F)(F)F. The number of hydrogen-bond donors (Lipinski definition) is 0. The molecule has 36 heavy (non-hydrogen) atoms. The van der Waals surface area contributed by atoms with E-state index in [4.69, 9.17) is 11.6 Å². The third-order valence-corrected chi connectivity index (χ3v) is 7.02. The molecule has 0 radical (unpaired) electrons. The summed E-state index contributed by atoms with van der Waals surface area (Å²) in [6.45, 7) is 1.30. The van der Waals surface area contributed by atoms with Gasteiger partial charge in [0.05, 0.1) is 27.2 Å². The van der Waals surface area contributed by atoms with Crippen LogP contribution in [-0.4, -0.2) is 41.0 Å². The second-order valence-corrected chi connectivity index (χ2v) is 10.1. The molecule has 0 unspecified atom stereocenters. The summed E-state index contributed by atoms with van der Waals surface area (Å²) in [5.41, 5.74) is -3.17. The Morgan fingerprint density at radius 1 is 1.06 bits per heavy atom. The maximum atomic E-state index is 13.3. The molecule has 0 fully saturated rings. The summed E-state index contributed by atoms with van der Waals surface area (Å²) in [5, 5.41) is 0.514. The molecule has 0 saturated heterocycles. The standard InChI is InChI=1S/C21H12ClF6N3O4S/c1-2-36(33,34)17-6-10-5-12(22)3-4-13(10)30-18(17)16-8-14-15(7-11(9-29-14)20(23,24)25)31(16)35-19(32)21(26,27)28/h3-9H,2H2,1H3. The fraction of sp³-hybridized carbons (Fsp3) is 0.190. The Labute approximate surface area is 203 Å². The second kappa shape index (κ2) is 8.62. The number of alkyl halides is 6. The van der Waals surface area contributed by atoms with Crippen molar-refractivity contribution in [1.82, 2.24) is 14.7 Å². The Bertz CT molecular complexity index is 1630. The summed E-state index contributed by atoms with van der Waals surface area (Å²) in [6, 6.07) is 6.79. The van der Waals surface area contributed by atoms with Crippen LogP contribution in [0, 0.1) is 0 Å². The molecule has 0 aliphatic rings. The van der Waals surface area contributed by atoms with Crippen LogP contribution >= 0.6 is 11.6 Å². The minimum Gasteiger partial charge on any atom is -0.327 e. The smallest absolute Gasteiger partial charge is 0.327 e. The van der Waals surface area contributed by atoms with Gasteiger partial charge >= 0.3 is 18.3 Å². The van der Waals surface area contributed by atoms with Gasteiger partial charge in [0.2, 0.25) is 0 Å². The van der Waals surface area contributed by atoms with Gasteiger partial charge in [0.15, 0.2) is 9.84 Å². The lowest BCUT2D eigenvalue weighted by Gasteiger charge is -2.15. The summed E-state index contributed by atoms with van der Waals surface area (Å²) in [4.78, 5) is 23.4. The maximum absolute atomic E-state index is 13.3. The Hall–Kier alpha value is -3.39. The van der Waals surface area contributed by atoms with Crippen molar-refractivity contribution < 1.29 is 44.4 Å². The lowest BCUT2D eigenvalue weighted by Crippen LogP contribution is -2.33. The molecule has 4 rings (SSSR count). The van der Waals surface area contributed by atoms with Crippen molar-refractivity contribution in [1.29, 1.82) is 0 Å². The summed E-state index contributed by atoms with van der Waals surface area (Å²) >= 11 is 5.96. The average Bonchev–Trinajstić information content (AvgIpc) is 3.14. The van der Waals surface area contributed by atoms with Gasteiger partial charge in [0.25, 0.3) is 0 Å². The Morgan fingerprint density at radius 3 is 2.36 bits per heavy atom. The third kappa shape index (κ3) is 4.69. The van der Waals surface area contributed by atoms with Crippen LogP contribution in [0.2, 0.25) is 5.02 Å². The van der Waals surface area contributed by atoms with E-state index in [1.54, 1.807) is 0 Å². The molecule has 0 atom stereocenters. The van der Waals surface area contributed by atoms with Crippen molar-refractivity contribution in [2.45, 2.75) is 24.2 Å². The summed E-state index contributed by atoms with van der Waals surface area (Å²) in [6.07, 6.45) is -10.0. The van der Waals surface area contributed by atoms with Crippen LogP contribution in [0.1, 0.15) is 12.5 Å². The van der Waals surface area contributed by atoms with Crippen LogP contribution in [0.4, 0.5) is 26.3 Å². The van der Waals surface area contributed by atoms with E-state index >= 15 is 0 Å². The molecular formula is C21H12ClF6N3O4S. The average molecular weight is 552 g/mol. The molecule has 15 heteroatoms. The highest BCUT2D eigenvalue weighted by Crippen LogP contribution is 2.36. The number of carbonyl (C=O) groups is 1. The van der Waals surface area contributed by atoms with Gasteiger partial charge in [-0.1, -0.05) is 18.5 Å². The van der Waals surface area contributed by atoms with Gasteiger partial charge in [-0.05, 0) is 36.4 Å². The van der Waals surface area contributed by atoms with Crippen molar-refractivity contribution in [3.05, 3.63) is 53.2 Å². The number of aromatic nitrogens is 3. The molecule has 4 aromatic rings. The van der Waals surface area contributed by atoms with E-state index in [0.29, 0.717) is 12.3 Å². The fourth-order valence-corrected chi connectivity index (χ4v) is 4.55. The van der Waals surface area contributed by atoms with Crippen molar-refractivity contribution in [3.8, 4) is 11.4 Å². The van der Waals surface area contributed by atoms with E-state index < -0.39 is 61.3 Å². The van der Waals surface area contributed by atoms with E-state index in [0.717, 1.165) is 6.07 Å². The van der Waals surface area contributed by atoms with Gasteiger partial charge in [0.1, 0.15) is 16.9 Å². The number of pyridine rings is 2. The van der Waals surface area contributed by atoms with Crippen molar-refractivity contribution in [2.24, 2.45) is 0 Å². The number of sulfone groups is 1. The number of fused-ring (bicyclic) bond motifs is 2. The molecule has 0 aliphatic carbocycles. The van der Waals surface area contributed by atoms with Crippen LogP contribution in [-0.2, 0) is 20.8 Å². The molecule has 3 aromatic heterocycles. The minimum atomic E-state index is -5.52. The van der Waals surface area contributed by atoms with E-state index in [1.165, 1.54) is 31.2 Å². The van der Waals surface area contributed by atoms with E-state index in [2.05, 4.69) is 14.8 Å². The number of hydrogen-bond acceptors (Lipinski definition) is 6. The van der Waals surface area contributed by atoms with Crippen molar-refractivity contribution in [3.63, 3.8) is 0 Å². The first kappa shape index (κ1) is 25.7. The zero-order valence-corrected chi connectivity index (χ0v) is 19.3. The van der Waals surface area contributed by atoms with E-state index in [9.17, 15) is 39.6 Å². The molecule has 0 aliphatic heterocycles.